The van der Waals surface area contributed by atoms with Crippen molar-refractivity contribution in [2.24, 2.45) is 0 Å². The Morgan fingerprint density at radius 2 is 1.79 bits per heavy atom. The molecule has 2 aromatic carbocycles. The van der Waals surface area contributed by atoms with Gasteiger partial charge < -0.3 is 9.84 Å². The van der Waals surface area contributed by atoms with E-state index in [-0.39, 0.29) is 6.42 Å². The van der Waals surface area contributed by atoms with Gasteiger partial charge in [0.1, 0.15) is 5.75 Å². The summed E-state index contributed by atoms with van der Waals surface area (Å²) in [6, 6.07) is 15.7. The molecule has 3 heteroatoms. The quantitative estimate of drug-likeness (QED) is 0.892. The van der Waals surface area contributed by atoms with E-state index in [0.717, 1.165) is 22.4 Å². The van der Waals surface area contributed by atoms with Gasteiger partial charge in [0.05, 0.1) is 7.11 Å². The van der Waals surface area contributed by atoms with Gasteiger partial charge in [0.25, 0.3) is 0 Å². The second kappa shape index (κ2) is 6.05. The van der Waals surface area contributed by atoms with Gasteiger partial charge in [-0.1, -0.05) is 42.5 Å². The average molecular weight is 256 g/mol. The monoisotopic (exact) mass is 256 g/mol. The zero-order valence-electron chi connectivity index (χ0n) is 10.8. The fraction of sp³-hybridized carbons (Fsp3) is 0.188. The van der Waals surface area contributed by atoms with Crippen LogP contribution in [-0.4, -0.2) is 18.2 Å². The molecule has 19 heavy (non-hydrogen) atoms. The zero-order valence-corrected chi connectivity index (χ0v) is 10.8. The Bertz CT molecular complexity index is 558. The van der Waals surface area contributed by atoms with E-state index in [0.29, 0.717) is 6.42 Å². The highest BCUT2D eigenvalue weighted by Gasteiger charge is 2.05. The number of carbonyl (C=O) groups is 1. The summed E-state index contributed by atoms with van der Waals surface area (Å²) in [5.74, 6) is 0.0644. The number of rotatable bonds is 5. The van der Waals surface area contributed by atoms with E-state index in [2.05, 4.69) is 0 Å². The SMILES string of the molecule is COc1ccccc1-c1ccc(CCC(=O)O)cc1. The smallest absolute Gasteiger partial charge is 0.303 e. The lowest BCUT2D eigenvalue weighted by Crippen LogP contribution is -1.97. The first-order valence-corrected chi connectivity index (χ1v) is 6.15. The Morgan fingerprint density at radius 3 is 2.42 bits per heavy atom. The molecule has 0 fully saturated rings. The molecule has 0 heterocycles. The molecule has 2 aromatic rings. The maximum absolute atomic E-state index is 10.5. The van der Waals surface area contributed by atoms with Gasteiger partial charge in [-0.05, 0) is 23.6 Å². The van der Waals surface area contributed by atoms with Gasteiger partial charge in [0, 0.05) is 12.0 Å². The molecule has 2 rings (SSSR count). The molecule has 0 saturated heterocycles. The third kappa shape index (κ3) is 3.35. The second-order valence-electron chi connectivity index (χ2n) is 4.29. The van der Waals surface area contributed by atoms with Crippen molar-refractivity contribution in [2.45, 2.75) is 12.8 Å². The van der Waals surface area contributed by atoms with Crippen LogP contribution in [0.25, 0.3) is 11.1 Å². The summed E-state index contributed by atoms with van der Waals surface area (Å²) in [6.07, 6.45) is 0.718. The van der Waals surface area contributed by atoms with Crippen LogP contribution in [0.4, 0.5) is 0 Å². The van der Waals surface area contributed by atoms with Gasteiger partial charge in [0.2, 0.25) is 0 Å². The van der Waals surface area contributed by atoms with Crippen LogP contribution >= 0.6 is 0 Å². The molecule has 98 valence electrons. The predicted molar refractivity (Wildman–Crippen MR) is 74.4 cm³/mol. The fourth-order valence-electron chi connectivity index (χ4n) is 1.99. The van der Waals surface area contributed by atoms with Crippen LogP contribution in [0, 0.1) is 0 Å². The topological polar surface area (TPSA) is 46.5 Å². The Kier molecular flexibility index (Phi) is 4.18. The summed E-state index contributed by atoms with van der Waals surface area (Å²) in [4.78, 5) is 10.5. The van der Waals surface area contributed by atoms with Crippen LogP contribution in [-0.2, 0) is 11.2 Å². The molecule has 0 aliphatic carbocycles. The van der Waals surface area contributed by atoms with Gasteiger partial charge in [-0.15, -0.1) is 0 Å². The van der Waals surface area contributed by atoms with Crippen LogP contribution in [0.3, 0.4) is 0 Å². The highest BCUT2D eigenvalue weighted by molar-refractivity contribution is 5.71. The van der Waals surface area contributed by atoms with Crippen molar-refractivity contribution in [1.82, 2.24) is 0 Å². The molecule has 0 radical (unpaired) electrons. The minimum atomic E-state index is -0.770. The summed E-state index contributed by atoms with van der Waals surface area (Å²) in [6.45, 7) is 0. The van der Waals surface area contributed by atoms with Crippen molar-refractivity contribution in [3.05, 3.63) is 54.1 Å². The molecule has 3 nitrogen and oxygen atoms in total. The minimum absolute atomic E-state index is 0.161. The molecule has 0 atom stereocenters. The first-order chi connectivity index (χ1) is 9.20. The van der Waals surface area contributed by atoms with E-state index >= 15 is 0 Å². The molecule has 0 unspecified atom stereocenters. The Balaban J connectivity index is 2.20. The lowest BCUT2D eigenvalue weighted by atomic mass is 10.0. The van der Waals surface area contributed by atoms with Crippen molar-refractivity contribution in [3.8, 4) is 16.9 Å². The highest BCUT2D eigenvalue weighted by Crippen LogP contribution is 2.29. The summed E-state index contributed by atoms with van der Waals surface area (Å²) >= 11 is 0. The molecule has 1 N–H and O–H groups in total. The number of hydrogen-bond acceptors (Lipinski definition) is 2. The largest absolute Gasteiger partial charge is 0.496 e. The molecule has 0 bridgehead atoms. The number of aliphatic carboxylic acids is 1. The van der Waals surface area contributed by atoms with Crippen molar-refractivity contribution in [1.29, 1.82) is 0 Å². The standard InChI is InChI=1S/C16H16O3/c1-19-15-5-3-2-4-14(15)13-9-6-12(7-10-13)8-11-16(17)18/h2-7,9-10H,8,11H2,1H3,(H,17,18). The fourth-order valence-corrected chi connectivity index (χ4v) is 1.99. The average Bonchev–Trinajstić information content (AvgIpc) is 2.45. The number of carboxylic acid groups (broad SMARTS) is 1. The second-order valence-corrected chi connectivity index (χ2v) is 4.29. The Labute approximate surface area is 112 Å². The van der Waals surface area contributed by atoms with Gasteiger partial charge in [0.15, 0.2) is 0 Å². The number of ether oxygens (including phenoxy) is 1. The Hall–Kier alpha value is -2.29. The predicted octanol–water partition coefficient (Wildman–Crippen LogP) is 3.38. The van der Waals surface area contributed by atoms with Crippen molar-refractivity contribution in [2.75, 3.05) is 7.11 Å². The molecule has 0 spiro atoms. The lowest BCUT2D eigenvalue weighted by molar-refractivity contribution is -0.136. The number of carboxylic acids is 1. The van der Waals surface area contributed by atoms with Gasteiger partial charge >= 0.3 is 5.97 Å². The lowest BCUT2D eigenvalue weighted by Gasteiger charge is -2.08. The van der Waals surface area contributed by atoms with Crippen LogP contribution in [0.1, 0.15) is 12.0 Å². The van der Waals surface area contributed by atoms with Crippen molar-refractivity contribution in [3.63, 3.8) is 0 Å². The summed E-state index contributed by atoms with van der Waals surface area (Å²) < 4.78 is 5.33. The van der Waals surface area contributed by atoms with Crippen LogP contribution in [0.15, 0.2) is 48.5 Å². The maximum atomic E-state index is 10.5. The van der Waals surface area contributed by atoms with E-state index < -0.39 is 5.97 Å². The highest BCUT2D eigenvalue weighted by atomic mass is 16.5. The first-order valence-electron chi connectivity index (χ1n) is 6.15. The summed E-state index contributed by atoms with van der Waals surface area (Å²) in [5.41, 5.74) is 3.13. The van der Waals surface area contributed by atoms with E-state index in [1.807, 2.05) is 48.5 Å². The molecule has 0 aliphatic rings. The number of methoxy groups -OCH3 is 1. The van der Waals surface area contributed by atoms with Crippen LogP contribution in [0.5, 0.6) is 5.75 Å². The van der Waals surface area contributed by atoms with Gasteiger partial charge in [-0.25, -0.2) is 0 Å². The van der Waals surface area contributed by atoms with E-state index in [1.54, 1.807) is 7.11 Å². The number of benzene rings is 2. The van der Waals surface area contributed by atoms with Gasteiger partial charge in [-0.2, -0.15) is 0 Å². The van der Waals surface area contributed by atoms with Gasteiger partial charge in [-0.3, -0.25) is 4.79 Å². The molecule has 0 amide bonds. The molecular weight excluding hydrogens is 240 g/mol. The van der Waals surface area contributed by atoms with E-state index in [9.17, 15) is 4.79 Å². The molecular formula is C16H16O3. The van der Waals surface area contributed by atoms with E-state index in [1.165, 1.54) is 0 Å². The molecule has 0 aromatic heterocycles. The van der Waals surface area contributed by atoms with Crippen LogP contribution < -0.4 is 4.74 Å². The molecule has 0 aliphatic heterocycles. The van der Waals surface area contributed by atoms with Crippen molar-refractivity contribution < 1.29 is 14.6 Å². The van der Waals surface area contributed by atoms with Crippen LogP contribution in [0.2, 0.25) is 0 Å². The normalized spacial score (nSPS) is 10.2. The number of para-hydroxylation sites is 1. The molecule has 0 saturated carbocycles. The number of hydrogen-bond donors (Lipinski definition) is 1. The zero-order chi connectivity index (χ0) is 13.7. The minimum Gasteiger partial charge on any atom is -0.496 e. The maximum Gasteiger partial charge on any atom is 0.303 e. The third-order valence-electron chi connectivity index (χ3n) is 3.00. The number of aryl methyl sites for hydroxylation is 1. The van der Waals surface area contributed by atoms with E-state index in [4.69, 9.17) is 9.84 Å². The van der Waals surface area contributed by atoms with Crippen molar-refractivity contribution >= 4 is 5.97 Å². The summed E-state index contributed by atoms with van der Waals surface area (Å²) in [5, 5.41) is 8.66. The summed E-state index contributed by atoms with van der Waals surface area (Å²) in [7, 11) is 1.65. The third-order valence-corrected chi connectivity index (χ3v) is 3.00. The first kappa shape index (κ1) is 13.1. The Morgan fingerprint density at radius 1 is 1.11 bits per heavy atom.